The molecule has 1 nitrogen and oxygen atoms in total. The van der Waals surface area contributed by atoms with Crippen LogP contribution in [0.5, 0.6) is 5.75 Å². The zero-order chi connectivity index (χ0) is 14.8. The van der Waals surface area contributed by atoms with Crippen LogP contribution < -0.4 is 4.74 Å². The SMILES string of the molecule is COc1cc(Cl)ccc1C(Cl)c1ccc2c(c1)CCCC2. The molecule has 0 N–H and O–H groups in total. The molecule has 3 rings (SSSR count). The van der Waals surface area contributed by atoms with E-state index in [1.807, 2.05) is 18.2 Å². The van der Waals surface area contributed by atoms with Crippen molar-refractivity contribution < 1.29 is 4.74 Å². The Hall–Kier alpha value is -1.18. The molecule has 0 aromatic heterocycles. The maximum atomic E-state index is 6.69. The van der Waals surface area contributed by atoms with Crippen LogP contribution in [0.15, 0.2) is 36.4 Å². The van der Waals surface area contributed by atoms with E-state index in [1.165, 1.54) is 30.4 Å². The van der Waals surface area contributed by atoms with Gasteiger partial charge in [-0.05, 0) is 54.5 Å². The second kappa shape index (κ2) is 6.29. The highest BCUT2D eigenvalue weighted by Gasteiger charge is 2.18. The predicted octanol–water partition coefficient (Wildman–Crippen LogP) is 5.56. The molecule has 1 atom stereocenters. The summed E-state index contributed by atoms with van der Waals surface area (Å²) >= 11 is 12.7. The van der Waals surface area contributed by atoms with Gasteiger partial charge < -0.3 is 4.74 Å². The predicted molar refractivity (Wildman–Crippen MR) is 88.8 cm³/mol. The molecule has 0 heterocycles. The quantitative estimate of drug-likeness (QED) is 0.673. The molecule has 0 bridgehead atoms. The van der Waals surface area contributed by atoms with E-state index in [2.05, 4.69) is 18.2 Å². The Morgan fingerprint density at radius 3 is 2.52 bits per heavy atom. The fraction of sp³-hybridized carbons (Fsp3) is 0.333. The van der Waals surface area contributed by atoms with E-state index >= 15 is 0 Å². The van der Waals surface area contributed by atoms with Crippen LogP contribution in [0, 0.1) is 0 Å². The Labute approximate surface area is 135 Å². The molecule has 0 radical (unpaired) electrons. The maximum absolute atomic E-state index is 6.69. The number of fused-ring (bicyclic) bond motifs is 1. The molecule has 0 amide bonds. The summed E-state index contributed by atoms with van der Waals surface area (Å²) in [6.07, 6.45) is 4.91. The van der Waals surface area contributed by atoms with Crippen molar-refractivity contribution in [3.05, 3.63) is 63.7 Å². The highest BCUT2D eigenvalue weighted by atomic mass is 35.5. The summed E-state index contributed by atoms with van der Waals surface area (Å²) in [5.74, 6) is 0.736. The molecule has 2 aromatic rings. The molecule has 0 saturated carbocycles. The minimum atomic E-state index is -0.218. The summed E-state index contributed by atoms with van der Waals surface area (Å²) in [5, 5.41) is 0.439. The van der Waals surface area contributed by atoms with Crippen molar-refractivity contribution in [3.8, 4) is 5.75 Å². The van der Waals surface area contributed by atoms with Crippen molar-refractivity contribution in [2.75, 3.05) is 7.11 Å². The van der Waals surface area contributed by atoms with E-state index in [-0.39, 0.29) is 5.38 Å². The van der Waals surface area contributed by atoms with E-state index in [0.717, 1.165) is 23.3 Å². The van der Waals surface area contributed by atoms with Crippen molar-refractivity contribution in [1.82, 2.24) is 0 Å². The first-order valence-electron chi connectivity index (χ1n) is 7.28. The average Bonchev–Trinajstić information content (AvgIpc) is 2.53. The molecule has 0 spiro atoms. The number of alkyl halides is 1. The smallest absolute Gasteiger partial charge is 0.125 e. The van der Waals surface area contributed by atoms with Gasteiger partial charge in [0.15, 0.2) is 0 Å². The average molecular weight is 321 g/mol. The number of halogens is 2. The van der Waals surface area contributed by atoms with E-state index < -0.39 is 0 Å². The van der Waals surface area contributed by atoms with Gasteiger partial charge in [-0.2, -0.15) is 0 Å². The Kier molecular flexibility index (Phi) is 4.42. The molecule has 0 fully saturated rings. The number of methoxy groups -OCH3 is 1. The van der Waals surface area contributed by atoms with Crippen LogP contribution in [-0.2, 0) is 12.8 Å². The van der Waals surface area contributed by atoms with E-state index in [9.17, 15) is 0 Å². The normalized spacial score (nSPS) is 15.4. The van der Waals surface area contributed by atoms with Gasteiger partial charge >= 0.3 is 0 Å². The van der Waals surface area contributed by atoms with Crippen molar-refractivity contribution in [2.24, 2.45) is 0 Å². The highest BCUT2D eigenvalue weighted by molar-refractivity contribution is 6.30. The van der Waals surface area contributed by atoms with Gasteiger partial charge in [-0.15, -0.1) is 11.6 Å². The standard InChI is InChI=1S/C18H18Cl2O/c1-21-17-11-15(19)8-9-16(17)18(20)14-7-6-12-4-2-3-5-13(12)10-14/h6-11,18H,2-5H2,1H3. The van der Waals surface area contributed by atoms with Crippen LogP contribution in [0.25, 0.3) is 0 Å². The van der Waals surface area contributed by atoms with Gasteiger partial charge in [0.2, 0.25) is 0 Å². The van der Waals surface area contributed by atoms with Crippen LogP contribution in [0.4, 0.5) is 0 Å². The van der Waals surface area contributed by atoms with E-state index in [4.69, 9.17) is 27.9 Å². The van der Waals surface area contributed by atoms with Crippen molar-refractivity contribution in [3.63, 3.8) is 0 Å². The van der Waals surface area contributed by atoms with Crippen LogP contribution >= 0.6 is 23.2 Å². The van der Waals surface area contributed by atoms with Crippen LogP contribution in [0.1, 0.15) is 40.5 Å². The zero-order valence-electron chi connectivity index (χ0n) is 12.0. The molecule has 21 heavy (non-hydrogen) atoms. The van der Waals surface area contributed by atoms with Crippen molar-refractivity contribution >= 4 is 23.2 Å². The van der Waals surface area contributed by atoms with Gasteiger partial charge in [0.1, 0.15) is 5.75 Å². The van der Waals surface area contributed by atoms with E-state index in [0.29, 0.717) is 5.02 Å². The van der Waals surface area contributed by atoms with Gasteiger partial charge in [-0.1, -0.05) is 35.9 Å². The minimum Gasteiger partial charge on any atom is -0.496 e. The lowest BCUT2D eigenvalue weighted by Crippen LogP contribution is -2.05. The summed E-state index contributed by atoms with van der Waals surface area (Å²) in [6, 6.07) is 12.2. The fourth-order valence-electron chi connectivity index (χ4n) is 2.98. The van der Waals surface area contributed by atoms with Gasteiger partial charge in [-0.25, -0.2) is 0 Å². The van der Waals surface area contributed by atoms with Gasteiger partial charge in [-0.3, -0.25) is 0 Å². The van der Waals surface area contributed by atoms with Crippen LogP contribution in [0.3, 0.4) is 0 Å². The maximum Gasteiger partial charge on any atom is 0.125 e. The molecule has 1 unspecified atom stereocenters. The highest BCUT2D eigenvalue weighted by Crippen LogP contribution is 2.37. The Bertz CT molecular complexity index is 652. The lowest BCUT2D eigenvalue weighted by molar-refractivity contribution is 0.410. The lowest BCUT2D eigenvalue weighted by Gasteiger charge is -2.19. The topological polar surface area (TPSA) is 9.23 Å². The minimum absolute atomic E-state index is 0.218. The number of ether oxygens (including phenoxy) is 1. The Morgan fingerprint density at radius 2 is 1.76 bits per heavy atom. The van der Waals surface area contributed by atoms with Crippen LogP contribution in [-0.4, -0.2) is 7.11 Å². The third kappa shape index (κ3) is 3.04. The molecule has 0 aliphatic heterocycles. The molecular formula is C18H18Cl2O. The summed E-state index contributed by atoms with van der Waals surface area (Å²) in [5.41, 5.74) is 4.99. The van der Waals surface area contributed by atoms with Crippen molar-refractivity contribution in [1.29, 1.82) is 0 Å². The van der Waals surface area contributed by atoms with Crippen molar-refractivity contribution in [2.45, 2.75) is 31.1 Å². The molecule has 1 aliphatic rings. The second-order valence-corrected chi connectivity index (χ2v) is 6.36. The summed E-state index contributed by atoms with van der Waals surface area (Å²) in [4.78, 5) is 0. The first-order chi connectivity index (χ1) is 10.2. The third-order valence-electron chi connectivity index (χ3n) is 4.13. The first-order valence-corrected chi connectivity index (χ1v) is 8.09. The fourth-order valence-corrected chi connectivity index (χ4v) is 3.46. The largest absolute Gasteiger partial charge is 0.496 e. The summed E-state index contributed by atoms with van der Waals surface area (Å²) in [6.45, 7) is 0. The van der Waals surface area contributed by atoms with Gasteiger partial charge in [0, 0.05) is 10.6 Å². The second-order valence-electron chi connectivity index (χ2n) is 5.48. The molecule has 110 valence electrons. The molecular weight excluding hydrogens is 303 g/mol. The lowest BCUT2D eigenvalue weighted by atomic mass is 9.89. The molecule has 3 heteroatoms. The summed E-state index contributed by atoms with van der Waals surface area (Å²) < 4.78 is 5.41. The monoisotopic (exact) mass is 320 g/mol. The third-order valence-corrected chi connectivity index (χ3v) is 4.86. The molecule has 2 aromatic carbocycles. The Balaban J connectivity index is 1.96. The molecule has 1 aliphatic carbocycles. The zero-order valence-corrected chi connectivity index (χ0v) is 13.5. The number of rotatable bonds is 3. The summed E-state index contributed by atoms with van der Waals surface area (Å²) in [7, 11) is 1.64. The first kappa shape index (κ1) is 14.7. The molecule has 0 saturated heterocycles. The number of hydrogen-bond acceptors (Lipinski definition) is 1. The van der Waals surface area contributed by atoms with Crippen LogP contribution in [0.2, 0.25) is 5.02 Å². The number of benzene rings is 2. The Morgan fingerprint density at radius 1 is 1.00 bits per heavy atom. The number of aryl methyl sites for hydroxylation is 2. The van der Waals surface area contributed by atoms with Gasteiger partial charge in [0.25, 0.3) is 0 Å². The number of hydrogen-bond donors (Lipinski definition) is 0. The van der Waals surface area contributed by atoms with Gasteiger partial charge in [0.05, 0.1) is 12.5 Å². The van der Waals surface area contributed by atoms with E-state index in [1.54, 1.807) is 7.11 Å².